The molecule has 0 aliphatic carbocycles. The van der Waals surface area contributed by atoms with E-state index in [1.807, 2.05) is 0 Å². The molecule has 162 valence electrons. The number of nitrogens with zero attached hydrogens (tertiary/aromatic N) is 2. The first-order valence-electron chi connectivity index (χ1n) is 10.5. The zero-order chi connectivity index (χ0) is 21.5. The predicted molar refractivity (Wildman–Crippen MR) is 124 cm³/mol. The third-order valence-corrected chi connectivity index (χ3v) is 7.06. The summed E-state index contributed by atoms with van der Waals surface area (Å²) in [5, 5.41) is 13.9. The van der Waals surface area contributed by atoms with Gasteiger partial charge in [-0.15, -0.1) is 0 Å². The standard InChI is InChI=1S/C23H24Cl2N4O2/c24-18-11-16(21-17(22(18)25)12-26-23(21)31)20-10-15-9-14(1-2-19(15)27-20)13-29-5-3-28(4-6-29)7-8-30/h1-2,9-11,27,30H,3-8,12-13H2,(H,26,31). The second-order valence-corrected chi connectivity index (χ2v) is 8.99. The number of nitrogens with one attached hydrogen (secondary N) is 2. The van der Waals surface area contributed by atoms with Gasteiger partial charge in [0.2, 0.25) is 0 Å². The van der Waals surface area contributed by atoms with Crippen LogP contribution < -0.4 is 5.32 Å². The Kier molecular flexibility index (Phi) is 5.67. The Balaban J connectivity index is 1.41. The Morgan fingerprint density at radius 3 is 2.58 bits per heavy atom. The van der Waals surface area contributed by atoms with Crippen molar-refractivity contribution in [2.75, 3.05) is 39.3 Å². The average Bonchev–Trinajstić information content (AvgIpc) is 3.36. The van der Waals surface area contributed by atoms with E-state index in [0.717, 1.165) is 67.0 Å². The number of β-amino-alcohol motifs (C(OH)–C–C–N with tert-alkyl or cyclic N) is 1. The van der Waals surface area contributed by atoms with Crippen molar-refractivity contribution in [3.05, 3.63) is 57.1 Å². The summed E-state index contributed by atoms with van der Waals surface area (Å²) >= 11 is 12.7. The van der Waals surface area contributed by atoms with E-state index in [4.69, 9.17) is 28.3 Å². The zero-order valence-electron chi connectivity index (χ0n) is 17.0. The first kappa shape index (κ1) is 20.8. The van der Waals surface area contributed by atoms with Gasteiger partial charge >= 0.3 is 0 Å². The third-order valence-electron chi connectivity index (χ3n) is 6.23. The number of benzene rings is 2. The fraction of sp³-hybridized carbons (Fsp3) is 0.348. The van der Waals surface area contributed by atoms with Crippen molar-refractivity contribution in [3.63, 3.8) is 0 Å². The van der Waals surface area contributed by atoms with Crippen molar-refractivity contribution in [2.45, 2.75) is 13.1 Å². The molecule has 0 bridgehead atoms. The van der Waals surface area contributed by atoms with E-state index < -0.39 is 0 Å². The molecule has 2 aliphatic heterocycles. The summed E-state index contributed by atoms with van der Waals surface area (Å²) < 4.78 is 0. The highest BCUT2D eigenvalue weighted by Crippen LogP contribution is 2.39. The number of H-pyrrole nitrogens is 1. The molecule has 3 N–H and O–H groups in total. The molecular weight excluding hydrogens is 435 g/mol. The number of aromatic nitrogens is 1. The first-order chi connectivity index (χ1) is 15.0. The van der Waals surface area contributed by atoms with Crippen LogP contribution >= 0.6 is 23.2 Å². The van der Waals surface area contributed by atoms with Crippen LogP contribution in [0.15, 0.2) is 30.3 Å². The van der Waals surface area contributed by atoms with Gasteiger partial charge in [0.25, 0.3) is 5.91 Å². The monoisotopic (exact) mass is 458 g/mol. The summed E-state index contributed by atoms with van der Waals surface area (Å²) in [4.78, 5) is 20.6. The van der Waals surface area contributed by atoms with Crippen molar-refractivity contribution < 1.29 is 9.90 Å². The molecule has 5 rings (SSSR count). The third kappa shape index (κ3) is 3.95. The van der Waals surface area contributed by atoms with Crippen LogP contribution in [0.5, 0.6) is 0 Å². The van der Waals surface area contributed by atoms with E-state index >= 15 is 0 Å². The van der Waals surface area contributed by atoms with Gasteiger partial charge in [-0.2, -0.15) is 0 Å². The molecule has 1 aromatic heterocycles. The minimum absolute atomic E-state index is 0.122. The normalized spacial score (nSPS) is 17.3. The molecule has 1 saturated heterocycles. The van der Waals surface area contributed by atoms with E-state index in [0.29, 0.717) is 22.2 Å². The number of aliphatic hydroxyl groups excluding tert-OH is 1. The van der Waals surface area contributed by atoms with E-state index in [9.17, 15) is 4.79 Å². The molecule has 1 fully saturated rings. The number of hydrogen-bond donors (Lipinski definition) is 3. The van der Waals surface area contributed by atoms with Gasteiger partial charge in [0.05, 0.1) is 22.2 Å². The molecule has 2 aromatic carbocycles. The molecule has 0 spiro atoms. The lowest BCUT2D eigenvalue weighted by Crippen LogP contribution is -2.46. The van der Waals surface area contributed by atoms with Crippen molar-refractivity contribution in [3.8, 4) is 11.3 Å². The second kappa shape index (κ2) is 8.45. The van der Waals surface area contributed by atoms with E-state index in [2.05, 4.69) is 44.4 Å². The van der Waals surface area contributed by atoms with Crippen molar-refractivity contribution >= 4 is 40.0 Å². The fourth-order valence-electron chi connectivity index (χ4n) is 4.57. The highest BCUT2D eigenvalue weighted by molar-refractivity contribution is 6.43. The van der Waals surface area contributed by atoms with E-state index in [1.54, 1.807) is 6.07 Å². The maximum Gasteiger partial charge on any atom is 0.252 e. The number of carbonyl (C=O) groups is 1. The SMILES string of the molecule is O=C1NCc2c(Cl)c(Cl)cc(-c3cc4cc(CN5CCN(CCO)CC5)ccc4[nH]3)c21. The maximum atomic E-state index is 12.4. The number of piperazine rings is 1. The van der Waals surface area contributed by atoms with Crippen LogP contribution in [0.25, 0.3) is 22.2 Å². The molecule has 3 heterocycles. The Labute approximate surface area is 190 Å². The number of carbonyl (C=O) groups excluding carboxylic acids is 1. The summed E-state index contributed by atoms with van der Waals surface area (Å²) in [6.45, 7) is 6.24. The lowest BCUT2D eigenvalue weighted by atomic mass is 10.00. The van der Waals surface area contributed by atoms with Gasteiger partial charge in [0, 0.05) is 73.5 Å². The summed E-state index contributed by atoms with van der Waals surface area (Å²) in [7, 11) is 0. The van der Waals surface area contributed by atoms with E-state index in [-0.39, 0.29) is 12.5 Å². The van der Waals surface area contributed by atoms with Crippen molar-refractivity contribution in [1.82, 2.24) is 20.1 Å². The Hall–Kier alpha value is -2.09. The lowest BCUT2D eigenvalue weighted by Gasteiger charge is -2.34. The number of fused-ring (bicyclic) bond motifs is 2. The van der Waals surface area contributed by atoms with Gasteiger partial charge in [0.1, 0.15) is 0 Å². The number of amides is 1. The Morgan fingerprint density at radius 1 is 1.03 bits per heavy atom. The minimum atomic E-state index is -0.122. The summed E-state index contributed by atoms with van der Waals surface area (Å²) in [5.41, 5.74) is 5.26. The maximum absolute atomic E-state index is 12.4. The van der Waals surface area contributed by atoms with Crippen LogP contribution in [-0.2, 0) is 13.1 Å². The van der Waals surface area contributed by atoms with Gasteiger partial charge in [-0.05, 0) is 29.8 Å². The molecule has 0 radical (unpaired) electrons. The molecule has 1 amide bonds. The number of hydrogen-bond acceptors (Lipinski definition) is 4. The van der Waals surface area contributed by atoms with Crippen LogP contribution in [0.1, 0.15) is 21.5 Å². The van der Waals surface area contributed by atoms with Crippen LogP contribution in [0.3, 0.4) is 0 Å². The number of aromatic amines is 1. The van der Waals surface area contributed by atoms with Crippen molar-refractivity contribution in [2.24, 2.45) is 0 Å². The first-order valence-corrected chi connectivity index (χ1v) is 11.3. The van der Waals surface area contributed by atoms with Gasteiger partial charge < -0.3 is 15.4 Å². The highest BCUT2D eigenvalue weighted by atomic mass is 35.5. The van der Waals surface area contributed by atoms with E-state index in [1.165, 1.54) is 5.56 Å². The van der Waals surface area contributed by atoms with Crippen LogP contribution in [0.4, 0.5) is 0 Å². The van der Waals surface area contributed by atoms with Gasteiger partial charge in [-0.3, -0.25) is 14.6 Å². The highest BCUT2D eigenvalue weighted by Gasteiger charge is 2.28. The summed E-state index contributed by atoms with van der Waals surface area (Å²) in [6.07, 6.45) is 0. The minimum Gasteiger partial charge on any atom is -0.395 e. The molecule has 8 heteroatoms. The van der Waals surface area contributed by atoms with Gasteiger partial charge in [-0.1, -0.05) is 29.3 Å². The lowest BCUT2D eigenvalue weighted by molar-refractivity contribution is 0.0966. The summed E-state index contributed by atoms with van der Waals surface area (Å²) in [5.74, 6) is -0.122. The summed E-state index contributed by atoms with van der Waals surface area (Å²) in [6, 6.07) is 10.3. The smallest absolute Gasteiger partial charge is 0.252 e. The molecule has 3 aromatic rings. The molecule has 0 saturated carbocycles. The predicted octanol–water partition coefficient (Wildman–Crippen LogP) is 3.50. The second-order valence-electron chi connectivity index (χ2n) is 8.20. The number of rotatable bonds is 5. The van der Waals surface area contributed by atoms with Crippen molar-refractivity contribution in [1.29, 1.82) is 0 Å². The number of aliphatic hydroxyl groups is 1. The molecule has 31 heavy (non-hydrogen) atoms. The zero-order valence-corrected chi connectivity index (χ0v) is 18.6. The largest absolute Gasteiger partial charge is 0.395 e. The molecule has 0 atom stereocenters. The quantitative estimate of drug-likeness (QED) is 0.547. The van der Waals surface area contributed by atoms with Crippen LogP contribution in [-0.4, -0.2) is 65.1 Å². The van der Waals surface area contributed by atoms with Crippen LogP contribution in [0, 0.1) is 0 Å². The average molecular weight is 459 g/mol. The molecule has 2 aliphatic rings. The number of halogens is 2. The van der Waals surface area contributed by atoms with Gasteiger partial charge in [-0.25, -0.2) is 0 Å². The fourth-order valence-corrected chi connectivity index (χ4v) is 5.01. The molecular formula is C23H24Cl2N4O2. The Morgan fingerprint density at radius 2 is 1.81 bits per heavy atom. The topological polar surface area (TPSA) is 71.6 Å². The van der Waals surface area contributed by atoms with Crippen LogP contribution in [0.2, 0.25) is 10.0 Å². The Bertz CT molecular complexity index is 1150. The molecule has 0 unspecified atom stereocenters. The molecule has 6 nitrogen and oxygen atoms in total. The van der Waals surface area contributed by atoms with Gasteiger partial charge in [0.15, 0.2) is 0 Å².